The number of guanidine groups is 1. The molecule has 0 spiro atoms. The number of rotatable bonds is 11. The Bertz CT molecular complexity index is 328. The van der Waals surface area contributed by atoms with Crippen LogP contribution in [0.4, 0.5) is 0 Å². The Kier molecular flexibility index (Phi) is 10.3. The van der Waals surface area contributed by atoms with Crippen LogP contribution in [0, 0.1) is 11.3 Å². The van der Waals surface area contributed by atoms with Crippen LogP contribution in [-0.2, 0) is 4.74 Å². The molecule has 23 heavy (non-hydrogen) atoms. The monoisotopic (exact) mass is 327 g/mol. The van der Waals surface area contributed by atoms with Crippen molar-refractivity contribution in [3.05, 3.63) is 0 Å². The summed E-state index contributed by atoms with van der Waals surface area (Å²) in [5, 5.41) is 16.2. The quantitative estimate of drug-likeness (QED) is 0.403. The smallest absolute Gasteiger partial charge is 0.191 e. The number of hydrogen-bond acceptors (Lipinski definition) is 3. The number of ether oxygens (including phenoxy) is 1. The zero-order chi connectivity index (χ0) is 17.0. The molecule has 136 valence electrons. The van der Waals surface area contributed by atoms with Crippen LogP contribution in [0.2, 0.25) is 0 Å². The van der Waals surface area contributed by atoms with E-state index in [-0.39, 0.29) is 12.0 Å². The van der Waals surface area contributed by atoms with Gasteiger partial charge < -0.3 is 20.5 Å². The lowest BCUT2D eigenvalue weighted by Crippen LogP contribution is -2.41. The number of hydrogen-bond donors (Lipinski definition) is 3. The van der Waals surface area contributed by atoms with Gasteiger partial charge in [-0.25, -0.2) is 0 Å². The fraction of sp³-hybridized carbons (Fsp3) is 0.944. The molecule has 0 aromatic heterocycles. The second-order valence-electron chi connectivity index (χ2n) is 6.77. The van der Waals surface area contributed by atoms with Gasteiger partial charge in [0.2, 0.25) is 0 Å². The zero-order valence-corrected chi connectivity index (χ0v) is 15.4. The van der Waals surface area contributed by atoms with E-state index in [0.717, 1.165) is 38.5 Å². The summed E-state index contributed by atoms with van der Waals surface area (Å²) in [5.41, 5.74) is 0.0173. The average Bonchev–Trinajstić information content (AvgIpc) is 3.02. The summed E-state index contributed by atoms with van der Waals surface area (Å²) in [6.45, 7) is 10.9. The number of nitrogens with one attached hydrogen (secondary N) is 2. The summed E-state index contributed by atoms with van der Waals surface area (Å²) in [5.74, 6) is 1.60. The first-order valence-corrected chi connectivity index (χ1v) is 9.40. The molecule has 5 nitrogen and oxygen atoms in total. The molecule has 1 saturated heterocycles. The molecule has 2 atom stereocenters. The number of aliphatic hydroxyl groups excluding tert-OH is 1. The molecule has 5 heteroatoms. The molecule has 1 heterocycles. The summed E-state index contributed by atoms with van der Waals surface area (Å²) in [4.78, 5) is 4.78. The summed E-state index contributed by atoms with van der Waals surface area (Å²) in [6.07, 6.45) is 6.80. The van der Waals surface area contributed by atoms with E-state index in [1.807, 2.05) is 0 Å². The van der Waals surface area contributed by atoms with Crippen molar-refractivity contribution in [2.45, 2.75) is 59.3 Å². The summed E-state index contributed by atoms with van der Waals surface area (Å²) < 4.78 is 5.54. The van der Waals surface area contributed by atoms with Crippen LogP contribution in [-0.4, -0.2) is 50.5 Å². The van der Waals surface area contributed by atoms with Gasteiger partial charge in [-0.05, 0) is 32.1 Å². The van der Waals surface area contributed by atoms with Crippen molar-refractivity contribution in [2.24, 2.45) is 16.3 Å². The molecule has 0 bridgehead atoms. The van der Waals surface area contributed by atoms with E-state index in [4.69, 9.17) is 9.73 Å². The Balaban J connectivity index is 2.54. The van der Waals surface area contributed by atoms with Gasteiger partial charge >= 0.3 is 0 Å². The standard InChI is InChI=1S/C18H37N3O2/c1-4-7-8-16(5-2)13-20-17(19-6-3)21-14-18(9-11-22)10-12-23-15-18/h16,22H,4-15H2,1-3H3,(H2,19,20,21). The third kappa shape index (κ3) is 7.53. The predicted molar refractivity (Wildman–Crippen MR) is 96.9 cm³/mol. The van der Waals surface area contributed by atoms with E-state index < -0.39 is 0 Å². The molecule has 0 aromatic rings. The van der Waals surface area contributed by atoms with Gasteiger partial charge in [-0.15, -0.1) is 0 Å². The van der Waals surface area contributed by atoms with Crippen LogP contribution in [0.25, 0.3) is 0 Å². The van der Waals surface area contributed by atoms with Crippen molar-refractivity contribution in [1.82, 2.24) is 10.6 Å². The highest BCUT2D eigenvalue weighted by atomic mass is 16.5. The highest BCUT2D eigenvalue weighted by Gasteiger charge is 2.34. The summed E-state index contributed by atoms with van der Waals surface area (Å²) in [6, 6.07) is 0. The first-order chi connectivity index (χ1) is 11.2. The van der Waals surface area contributed by atoms with Gasteiger partial charge in [0, 0.05) is 31.7 Å². The Morgan fingerprint density at radius 3 is 2.70 bits per heavy atom. The maximum Gasteiger partial charge on any atom is 0.191 e. The van der Waals surface area contributed by atoms with E-state index in [2.05, 4.69) is 31.4 Å². The minimum Gasteiger partial charge on any atom is -0.396 e. The predicted octanol–water partition coefficient (Wildman–Crippen LogP) is 2.55. The summed E-state index contributed by atoms with van der Waals surface area (Å²) in [7, 11) is 0. The van der Waals surface area contributed by atoms with E-state index in [1.165, 1.54) is 25.7 Å². The zero-order valence-electron chi connectivity index (χ0n) is 15.4. The molecular weight excluding hydrogens is 290 g/mol. The lowest BCUT2D eigenvalue weighted by molar-refractivity contribution is 0.131. The van der Waals surface area contributed by atoms with Crippen LogP contribution in [0.3, 0.4) is 0 Å². The van der Waals surface area contributed by atoms with Gasteiger partial charge in [0.05, 0.1) is 13.2 Å². The van der Waals surface area contributed by atoms with E-state index in [9.17, 15) is 5.11 Å². The first-order valence-electron chi connectivity index (χ1n) is 9.40. The third-order valence-corrected chi connectivity index (χ3v) is 4.85. The van der Waals surface area contributed by atoms with Crippen LogP contribution in [0.5, 0.6) is 0 Å². The lowest BCUT2D eigenvalue weighted by atomic mass is 9.84. The van der Waals surface area contributed by atoms with Crippen molar-refractivity contribution in [3.8, 4) is 0 Å². The molecule has 2 unspecified atom stereocenters. The average molecular weight is 328 g/mol. The topological polar surface area (TPSA) is 65.9 Å². The SMILES string of the molecule is CCCCC(CC)CNC(=NCC1(CCO)CCOC1)NCC. The van der Waals surface area contributed by atoms with Crippen LogP contribution in [0.1, 0.15) is 59.3 Å². The first kappa shape index (κ1) is 20.2. The molecule has 0 amide bonds. The largest absolute Gasteiger partial charge is 0.396 e. The number of aliphatic imine (C=N–C) groups is 1. The highest BCUT2D eigenvalue weighted by molar-refractivity contribution is 5.79. The molecule has 1 rings (SSSR count). The number of nitrogens with zero attached hydrogens (tertiary/aromatic N) is 1. The minimum atomic E-state index is 0.0173. The van der Waals surface area contributed by atoms with Crippen LogP contribution in [0.15, 0.2) is 4.99 Å². The molecule has 1 fully saturated rings. The summed E-state index contributed by atoms with van der Waals surface area (Å²) >= 11 is 0. The van der Waals surface area contributed by atoms with Gasteiger partial charge in [0.15, 0.2) is 5.96 Å². The van der Waals surface area contributed by atoms with Gasteiger partial charge in [0.1, 0.15) is 0 Å². The van der Waals surface area contributed by atoms with Crippen molar-refractivity contribution < 1.29 is 9.84 Å². The maximum atomic E-state index is 9.32. The second kappa shape index (κ2) is 11.7. The van der Waals surface area contributed by atoms with Crippen LogP contribution >= 0.6 is 0 Å². The molecule has 0 radical (unpaired) electrons. The van der Waals surface area contributed by atoms with Crippen LogP contribution < -0.4 is 10.6 Å². The third-order valence-electron chi connectivity index (χ3n) is 4.85. The molecular formula is C18H37N3O2. The minimum absolute atomic E-state index is 0.0173. The Morgan fingerprint density at radius 2 is 2.13 bits per heavy atom. The fourth-order valence-electron chi connectivity index (χ4n) is 3.06. The van der Waals surface area contributed by atoms with Crippen molar-refractivity contribution in [3.63, 3.8) is 0 Å². The lowest BCUT2D eigenvalue weighted by Gasteiger charge is -2.25. The van der Waals surface area contributed by atoms with Gasteiger partial charge in [-0.1, -0.05) is 33.1 Å². The van der Waals surface area contributed by atoms with Gasteiger partial charge in [-0.2, -0.15) is 0 Å². The molecule has 0 saturated carbocycles. The van der Waals surface area contributed by atoms with Gasteiger partial charge in [-0.3, -0.25) is 4.99 Å². The Hall–Kier alpha value is -0.810. The van der Waals surface area contributed by atoms with Crippen molar-refractivity contribution >= 4 is 5.96 Å². The van der Waals surface area contributed by atoms with E-state index in [0.29, 0.717) is 19.1 Å². The number of unbranched alkanes of at least 4 members (excludes halogenated alkanes) is 1. The Labute approximate surface area is 142 Å². The second-order valence-corrected chi connectivity index (χ2v) is 6.77. The molecule has 0 aliphatic carbocycles. The molecule has 1 aliphatic heterocycles. The molecule has 1 aliphatic rings. The van der Waals surface area contributed by atoms with Gasteiger partial charge in [0.25, 0.3) is 0 Å². The van der Waals surface area contributed by atoms with E-state index in [1.54, 1.807) is 0 Å². The van der Waals surface area contributed by atoms with Crippen molar-refractivity contribution in [1.29, 1.82) is 0 Å². The molecule has 3 N–H and O–H groups in total. The van der Waals surface area contributed by atoms with E-state index >= 15 is 0 Å². The fourth-order valence-corrected chi connectivity index (χ4v) is 3.06. The molecule has 0 aromatic carbocycles. The maximum absolute atomic E-state index is 9.32. The Morgan fingerprint density at radius 1 is 1.30 bits per heavy atom. The number of aliphatic hydroxyl groups is 1. The highest BCUT2D eigenvalue weighted by Crippen LogP contribution is 2.32. The van der Waals surface area contributed by atoms with Crippen molar-refractivity contribution in [2.75, 3.05) is 39.5 Å². The normalized spacial score (nSPS) is 23.0.